The number of halogens is 1. The minimum Gasteiger partial charge on any atom is -0.329 e. The highest BCUT2D eigenvalue weighted by Crippen LogP contribution is 2.49. The van der Waals surface area contributed by atoms with Gasteiger partial charge in [-0.1, -0.05) is 6.42 Å². The minimum absolute atomic E-state index is 0. The van der Waals surface area contributed by atoms with Gasteiger partial charge in [0.15, 0.2) is 0 Å². The lowest BCUT2D eigenvalue weighted by Crippen LogP contribution is -2.58. The summed E-state index contributed by atoms with van der Waals surface area (Å²) in [6.45, 7) is 2.18. The first-order valence-corrected chi connectivity index (χ1v) is 7.15. The molecule has 2 bridgehead atoms. The Morgan fingerprint density at radius 2 is 2.00 bits per heavy atom. The molecular formula is C14H27ClN2. The van der Waals surface area contributed by atoms with Crippen molar-refractivity contribution in [1.29, 1.82) is 0 Å². The Kier molecular flexibility index (Phi) is 4.06. The molecule has 3 aliphatic carbocycles. The third-order valence-electron chi connectivity index (χ3n) is 5.87. The molecule has 0 heterocycles. The lowest BCUT2D eigenvalue weighted by atomic mass is 9.74. The quantitative estimate of drug-likeness (QED) is 0.840. The van der Waals surface area contributed by atoms with Crippen molar-refractivity contribution < 1.29 is 0 Å². The van der Waals surface area contributed by atoms with Gasteiger partial charge >= 0.3 is 0 Å². The van der Waals surface area contributed by atoms with Crippen LogP contribution in [0.15, 0.2) is 0 Å². The summed E-state index contributed by atoms with van der Waals surface area (Å²) in [6.07, 6.45) is 10.1. The zero-order valence-corrected chi connectivity index (χ0v) is 11.8. The normalized spacial score (nSPS) is 37.9. The van der Waals surface area contributed by atoms with Gasteiger partial charge in [-0.05, 0) is 63.3 Å². The molecule has 2 nitrogen and oxygen atoms in total. The van der Waals surface area contributed by atoms with Gasteiger partial charge in [0.05, 0.1) is 0 Å². The summed E-state index contributed by atoms with van der Waals surface area (Å²) in [5.74, 6) is 3.13. The zero-order valence-electron chi connectivity index (χ0n) is 11.0. The van der Waals surface area contributed by atoms with Crippen molar-refractivity contribution in [3.63, 3.8) is 0 Å². The van der Waals surface area contributed by atoms with Crippen LogP contribution < -0.4 is 5.73 Å². The fourth-order valence-electron chi connectivity index (χ4n) is 4.47. The van der Waals surface area contributed by atoms with Crippen LogP contribution in [-0.2, 0) is 0 Å². The van der Waals surface area contributed by atoms with Crippen LogP contribution in [0.5, 0.6) is 0 Å². The molecule has 3 fully saturated rings. The molecule has 0 amide bonds. The van der Waals surface area contributed by atoms with E-state index in [4.69, 9.17) is 5.73 Å². The topological polar surface area (TPSA) is 29.3 Å². The van der Waals surface area contributed by atoms with Gasteiger partial charge in [0, 0.05) is 18.6 Å². The van der Waals surface area contributed by atoms with Crippen LogP contribution in [0.4, 0.5) is 0 Å². The van der Waals surface area contributed by atoms with Crippen molar-refractivity contribution in [3.8, 4) is 0 Å². The van der Waals surface area contributed by atoms with E-state index in [1.54, 1.807) is 0 Å². The molecule has 3 heteroatoms. The third kappa shape index (κ3) is 2.24. The highest BCUT2D eigenvalue weighted by molar-refractivity contribution is 5.85. The van der Waals surface area contributed by atoms with Crippen molar-refractivity contribution in [1.82, 2.24) is 4.90 Å². The Bertz CT molecular complexity index is 259. The number of hydrogen-bond acceptors (Lipinski definition) is 2. The van der Waals surface area contributed by atoms with Gasteiger partial charge in [0.2, 0.25) is 0 Å². The van der Waals surface area contributed by atoms with Gasteiger partial charge in [-0.2, -0.15) is 0 Å². The molecule has 0 saturated heterocycles. The summed E-state index contributed by atoms with van der Waals surface area (Å²) >= 11 is 0. The Labute approximate surface area is 112 Å². The van der Waals surface area contributed by atoms with Crippen molar-refractivity contribution >= 4 is 12.4 Å². The second-order valence-corrected chi connectivity index (χ2v) is 6.60. The predicted octanol–water partition coefficient (Wildman–Crippen LogP) is 2.66. The van der Waals surface area contributed by atoms with Gasteiger partial charge < -0.3 is 5.73 Å². The molecule has 3 atom stereocenters. The molecule has 100 valence electrons. The Morgan fingerprint density at radius 1 is 1.24 bits per heavy atom. The number of nitrogens with zero attached hydrogens (tertiary/aromatic N) is 1. The van der Waals surface area contributed by atoms with Crippen molar-refractivity contribution in [2.45, 2.75) is 50.5 Å². The van der Waals surface area contributed by atoms with E-state index in [-0.39, 0.29) is 12.4 Å². The van der Waals surface area contributed by atoms with Crippen molar-refractivity contribution in [3.05, 3.63) is 0 Å². The molecule has 2 N–H and O–H groups in total. The Hall–Kier alpha value is 0.210. The fourth-order valence-corrected chi connectivity index (χ4v) is 4.47. The highest BCUT2D eigenvalue weighted by atomic mass is 35.5. The molecule has 0 aromatic carbocycles. The first-order valence-electron chi connectivity index (χ1n) is 7.15. The van der Waals surface area contributed by atoms with E-state index < -0.39 is 0 Å². The smallest absolute Gasteiger partial charge is 0.0328 e. The molecule has 0 aliphatic heterocycles. The van der Waals surface area contributed by atoms with Crippen LogP contribution in [0.3, 0.4) is 0 Å². The largest absolute Gasteiger partial charge is 0.329 e. The van der Waals surface area contributed by atoms with Crippen LogP contribution in [0, 0.1) is 17.8 Å². The van der Waals surface area contributed by atoms with E-state index in [2.05, 4.69) is 11.9 Å². The summed E-state index contributed by atoms with van der Waals surface area (Å²) in [5, 5.41) is 0. The SMILES string of the molecule is CN(CC1CC2CCC1C2)C1(CN)CCC1.Cl. The molecule has 0 aromatic rings. The molecule has 17 heavy (non-hydrogen) atoms. The van der Waals surface area contributed by atoms with Crippen LogP contribution in [-0.4, -0.2) is 30.6 Å². The number of fused-ring (bicyclic) bond motifs is 2. The summed E-state index contributed by atoms with van der Waals surface area (Å²) in [6, 6.07) is 0. The average molecular weight is 259 g/mol. The minimum atomic E-state index is 0. The number of rotatable bonds is 4. The molecule has 0 radical (unpaired) electrons. The maximum atomic E-state index is 5.98. The standard InChI is InChI=1S/C14H26N2.ClH/c1-16(14(10-15)5-2-6-14)9-13-8-11-3-4-12(13)7-11;/h11-13H,2-10,15H2,1H3;1H. The molecule has 0 aromatic heterocycles. The maximum absolute atomic E-state index is 5.98. The molecule has 0 spiro atoms. The summed E-state index contributed by atoms with van der Waals surface area (Å²) in [7, 11) is 2.32. The lowest BCUT2D eigenvalue weighted by Gasteiger charge is -2.49. The van der Waals surface area contributed by atoms with Crippen LogP contribution in [0.25, 0.3) is 0 Å². The van der Waals surface area contributed by atoms with Crippen LogP contribution in [0.2, 0.25) is 0 Å². The summed E-state index contributed by atoms with van der Waals surface area (Å²) in [5.41, 5.74) is 6.37. The van der Waals surface area contributed by atoms with Crippen molar-refractivity contribution in [2.75, 3.05) is 20.1 Å². The number of hydrogen-bond donors (Lipinski definition) is 1. The molecule has 3 aliphatic rings. The Morgan fingerprint density at radius 3 is 2.41 bits per heavy atom. The molecule has 3 unspecified atom stereocenters. The van der Waals surface area contributed by atoms with Crippen LogP contribution >= 0.6 is 12.4 Å². The van der Waals surface area contributed by atoms with Gasteiger partial charge in [0.1, 0.15) is 0 Å². The maximum Gasteiger partial charge on any atom is 0.0328 e. The predicted molar refractivity (Wildman–Crippen MR) is 74.5 cm³/mol. The first kappa shape index (κ1) is 13.6. The Balaban J connectivity index is 0.00000108. The summed E-state index contributed by atoms with van der Waals surface area (Å²) in [4.78, 5) is 2.61. The third-order valence-corrected chi connectivity index (χ3v) is 5.87. The van der Waals surface area contributed by atoms with E-state index in [1.165, 1.54) is 51.5 Å². The van der Waals surface area contributed by atoms with Gasteiger partial charge in [-0.3, -0.25) is 4.90 Å². The molecule has 3 saturated carbocycles. The summed E-state index contributed by atoms with van der Waals surface area (Å²) < 4.78 is 0. The lowest BCUT2D eigenvalue weighted by molar-refractivity contribution is 0.0264. The monoisotopic (exact) mass is 258 g/mol. The van der Waals surface area contributed by atoms with E-state index in [0.717, 1.165) is 24.3 Å². The molecule has 3 rings (SSSR count). The first-order chi connectivity index (χ1) is 7.73. The van der Waals surface area contributed by atoms with Crippen molar-refractivity contribution in [2.24, 2.45) is 23.5 Å². The second kappa shape index (κ2) is 5.07. The molecular weight excluding hydrogens is 232 g/mol. The van der Waals surface area contributed by atoms with E-state index >= 15 is 0 Å². The average Bonchev–Trinajstić information content (AvgIpc) is 2.78. The van der Waals surface area contributed by atoms with Gasteiger partial charge in [-0.25, -0.2) is 0 Å². The van der Waals surface area contributed by atoms with E-state index in [1.807, 2.05) is 0 Å². The fraction of sp³-hybridized carbons (Fsp3) is 1.00. The van der Waals surface area contributed by atoms with Gasteiger partial charge in [-0.15, -0.1) is 12.4 Å². The number of likely N-dealkylation sites (N-methyl/N-ethyl adjacent to an activating group) is 1. The van der Waals surface area contributed by atoms with E-state index in [0.29, 0.717) is 5.54 Å². The van der Waals surface area contributed by atoms with Crippen LogP contribution in [0.1, 0.15) is 44.9 Å². The highest BCUT2D eigenvalue weighted by Gasteiger charge is 2.44. The number of nitrogens with two attached hydrogens (primary N) is 1. The second-order valence-electron chi connectivity index (χ2n) is 6.60. The van der Waals surface area contributed by atoms with Gasteiger partial charge in [0.25, 0.3) is 0 Å². The zero-order chi connectivity index (χ0) is 11.2. The van der Waals surface area contributed by atoms with E-state index in [9.17, 15) is 0 Å².